The van der Waals surface area contributed by atoms with Crippen LogP contribution in [0, 0.1) is 17.8 Å². The number of carboxylic acids is 1. The second-order valence-electron chi connectivity index (χ2n) is 16.9. The van der Waals surface area contributed by atoms with Crippen molar-refractivity contribution in [2.24, 2.45) is 17.8 Å². The summed E-state index contributed by atoms with van der Waals surface area (Å²) in [5, 5.41) is 38.9. The van der Waals surface area contributed by atoms with Gasteiger partial charge in [-0.3, -0.25) is 14.4 Å². The minimum absolute atomic E-state index is 0.0941. The molecule has 58 heavy (non-hydrogen) atoms. The molecule has 1 aromatic rings. The maximum Gasteiger partial charge on any atom is 0.408 e. The van der Waals surface area contributed by atoms with Crippen molar-refractivity contribution in [1.82, 2.24) is 16.0 Å². The fraction of sp³-hybridized carbons (Fsp3) is 0.750. The van der Waals surface area contributed by atoms with Gasteiger partial charge in [-0.05, 0) is 58.9 Å². The van der Waals surface area contributed by atoms with Gasteiger partial charge in [-0.15, -0.1) is 0 Å². The van der Waals surface area contributed by atoms with Crippen LogP contribution in [0.2, 0.25) is 0 Å². The summed E-state index contributed by atoms with van der Waals surface area (Å²) in [7, 11) is 0. The molecule has 0 bridgehead atoms. The molecule has 14 nitrogen and oxygen atoms in total. The number of ether oxygens (including phenoxy) is 3. The van der Waals surface area contributed by atoms with Crippen LogP contribution in [0.1, 0.15) is 145 Å². The fourth-order valence-corrected chi connectivity index (χ4v) is 6.41. The molecule has 14 heteroatoms. The molecule has 0 heterocycles. The van der Waals surface area contributed by atoms with E-state index in [-0.39, 0.29) is 13.2 Å². The standard InChI is InChI=1S/C44H75N3O11/c1-10-11-12-13-14-15-16-17-18-19-23-26-35(30(4)38(49)31(5)41(52)53)57-42(54)34(28-56-27-33-24-21-20-22-25-33)45-40(51)37(32(6)48)46-39(50)36(29(2)3)47-43(55)58-44(7,8)9/h20-22,24-25,29-32,34-38,48-49H,10-19,23,26-28H2,1-9H3,(H,45,51)(H,46,50)(H,47,55)(H,52,53)/t30-,31+,32+,34-,35+,36-,37-,38+/m0/s1. The number of amides is 3. The van der Waals surface area contributed by atoms with Crippen LogP contribution in [0.25, 0.3) is 0 Å². The Morgan fingerprint density at radius 1 is 0.724 bits per heavy atom. The van der Waals surface area contributed by atoms with E-state index < -0.39 is 89.6 Å². The van der Waals surface area contributed by atoms with Gasteiger partial charge < -0.3 is 45.5 Å². The summed E-state index contributed by atoms with van der Waals surface area (Å²) in [6, 6.07) is 5.06. The Morgan fingerprint density at radius 2 is 1.26 bits per heavy atom. The van der Waals surface area contributed by atoms with Crippen molar-refractivity contribution in [3.8, 4) is 0 Å². The molecule has 0 aromatic heterocycles. The zero-order valence-electron chi connectivity index (χ0n) is 36.6. The summed E-state index contributed by atoms with van der Waals surface area (Å²) in [5.74, 6) is -6.09. The zero-order chi connectivity index (χ0) is 43.8. The monoisotopic (exact) mass is 822 g/mol. The van der Waals surface area contributed by atoms with Gasteiger partial charge in [0.25, 0.3) is 0 Å². The number of nitrogens with one attached hydrogen (secondary N) is 3. The van der Waals surface area contributed by atoms with E-state index in [9.17, 15) is 39.3 Å². The number of carbonyl (C=O) groups excluding carboxylic acids is 4. The van der Waals surface area contributed by atoms with Crippen LogP contribution in [-0.4, -0.2) is 93.8 Å². The van der Waals surface area contributed by atoms with Gasteiger partial charge in [0.2, 0.25) is 11.8 Å². The van der Waals surface area contributed by atoms with Gasteiger partial charge in [-0.25, -0.2) is 9.59 Å². The van der Waals surface area contributed by atoms with E-state index in [1.165, 1.54) is 52.4 Å². The largest absolute Gasteiger partial charge is 0.481 e. The molecule has 0 aliphatic heterocycles. The molecular formula is C44H75N3O11. The Morgan fingerprint density at radius 3 is 1.76 bits per heavy atom. The number of rotatable bonds is 29. The molecule has 1 aromatic carbocycles. The number of unbranched alkanes of at least 4 members (excludes halogenated alkanes) is 10. The molecule has 0 fully saturated rings. The predicted molar refractivity (Wildman–Crippen MR) is 223 cm³/mol. The van der Waals surface area contributed by atoms with Gasteiger partial charge in [0, 0.05) is 5.92 Å². The lowest BCUT2D eigenvalue weighted by Gasteiger charge is -2.32. The maximum absolute atomic E-state index is 14.0. The highest BCUT2D eigenvalue weighted by Crippen LogP contribution is 2.25. The van der Waals surface area contributed by atoms with E-state index >= 15 is 0 Å². The van der Waals surface area contributed by atoms with Crippen LogP contribution in [0.4, 0.5) is 4.79 Å². The number of alkyl carbamates (subject to hydrolysis) is 1. The van der Waals surface area contributed by atoms with Crippen LogP contribution < -0.4 is 16.0 Å². The van der Waals surface area contributed by atoms with Gasteiger partial charge in [0.05, 0.1) is 31.3 Å². The molecule has 6 N–H and O–H groups in total. The number of hydrogen-bond acceptors (Lipinski definition) is 10. The molecule has 8 atom stereocenters. The lowest BCUT2D eigenvalue weighted by atomic mass is 9.87. The van der Waals surface area contributed by atoms with E-state index in [4.69, 9.17) is 14.2 Å². The highest BCUT2D eigenvalue weighted by atomic mass is 16.6. The second kappa shape index (κ2) is 27.8. The average Bonchev–Trinajstić information content (AvgIpc) is 3.15. The summed E-state index contributed by atoms with van der Waals surface area (Å²) in [6.07, 6.45) is 8.05. The fourth-order valence-electron chi connectivity index (χ4n) is 6.41. The molecule has 0 radical (unpaired) electrons. The van der Waals surface area contributed by atoms with Crippen molar-refractivity contribution in [3.05, 3.63) is 35.9 Å². The van der Waals surface area contributed by atoms with Crippen molar-refractivity contribution in [2.45, 2.75) is 188 Å². The van der Waals surface area contributed by atoms with E-state index in [0.29, 0.717) is 12.8 Å². The number of carbonyl (C=O) groups is 5. The number of aliphatic carboxylic acids is 1. The van der Waals surface area contributed by atoms with Gasteiger partial charge in [-0.1, -0.05) is 122 Å². The molecule has 0 aliphatic rings. The van der Waals surface area contributed by atoms with E-state index in [2.05, 4.69) is 22.9 Å². The number of hydrogen-bond donors (Lipinski definition) is 6. The first-order valence-corrected chi connectivity index (χ1v) is 21.3. The highest BCUT2D eigenvalue weighted by molar-refractivity contribution is 5.93. The Hall–Kier alpha value is -3.75. The summed E-state index contributed by atoms with van der Waals surface area (Å²) in [5.41, 5.74) is -0.0202. The third-order valence-corrected chi connectivity index (χ3v) is 10.1. The number of aliphatic hydroxyl groups is 2. The van der Waals surface area contributed by atoms with Crippen molar-refractivity contribution in [1.29, 1.82) is 0 Å². The minimum atomic E-state index is -1.55. The van der Waals surface area contributed by atoms with Crippen LogP contribution in [0.15, 0.2) is 30.3 Å². The zero-order valence-corrected chi connectivity index (χ0v) is 36.6. The summed E-state index contributed by atoms with van der Waals surface area (Å²) < 4.78 is 17.2. The summed E-state index contributed by atoms with van der Waals surface area (Å²) in [6.45, 7) is 14.7. The molecule has 0 saturated heterocycles. The number of carboxylic acid groups (broad SMARTS) is 1. The van der Waals surface area contributed by atoms with Gasteiger partial charge >= 0.3 is 18.0 Å². The number of esters is 1. The van der Waals surface area contributed by atoms with E-state index in [1.54, 1.807) is 41.5 Å². The predicted octanol–water partition coefficient (Wildman–Crippen LogP) is 6.43. The van der Waals surface area contributed by atoms with Gasteiger partial charge in [-0.2, -0.15) is 0 Å². The average molecular weight is 822 g/mol. The Kier molecular flexibility index (Phi) is 25.1. The Balaban J connectivity index is 3.21. The molecule has 0 spiro atoms. The highest BCUT2D eigenvalue weighted by Gasteiger charge is 2.37. The summed E-state index contributed by atoms with van der Waals surface area (Å²) >= 11 is 0. The smallest absolute Gasteiger partial charge is 0.408 e. The Bertz CT molecular complexity index is 1350. The van der Waals surface area contributed by atoms with E-state index in [0.717, 1.165) is 31.2 Å². The molecule has 332 valence electrons. The second-order valence-corrected chi connectivity index (χ2v) is 16.9. The first-order valence-electron chi connectivity index (χ1n) is 21.3. The van der Waals surface area contributed by atoms with Crippen molar-refractivity contribution in [3.63, 3.8) is 0 Å². The van der Waals surface area contributed by atoms with Crippen LogP contribution in [0.3, 0.4) is 0 Å². The maximum atomic E-state index is 14.0. The van der Waals surface area contributed by atoms with Crippen LogP contribution in [0.5, 0.6) is 0 Å². The van der Waals surface area contributed by atoms with Gasteiger partial charge in [0.15, 0.2) is 6.04 Å². The van der Waals surface area contributed by atoms with Crippen molar-refractivity contribution in [2.75, 3.05) is 6.61 Å². The summed E-state index contributed by atoms with van der Waals surface area (Å²) in [4.78, 5) is 65.5. The van der Waals surface area contributed by atoms with Crippen LogP contribution in [-0.2, 0) is 40.0 Å². The molecule has 3 amide bonds. The lowest BCUT2D eigenvalue weighted by molar-refractivity contribution is -0.162. The van der Waals surface area contributed by atoms with Gasteiger partial charge in [0.1, 0.15) is 23.8 Å². The normalized spacial score (nSPS) is 15.9. The SMILES string of the molecule is CCCCCCCCCCCCC[C@@H](OC(=O)[C@H](COCc1ccccc1)NC(=O)[C@@H](NC(=O)[C@@H](NC(=O)OC(C)(C)C)C(C)C)[C@@H](C)O)[C@H](C)[C@@H](O)[C@@H](C)C(=O)O. The molecular weight excluding hydrogens is 746 g/mol. The number of benzene rings is 1. The molecule has 0 unspecified atom stereocenters. The first-order chi connectivity index (χ1) is 27.3. The van der Waals surface area contributed by atoms with Crippen molar-refractivity contribution >= 4 is 29.8 Å². The van der Waals surface area contributed by atoms with E-state index in [1.807, 2.05) is 30.3 Å². The first kappa shape index (κ1) is 52.3. The molecule has 0 aliphatic carbocycles. The third-order valence-electron chi connectivity index (χ3n) is 10.1. The van der Waals surface area contributed by atoms with Crippen LogP contribution >= 0.6 is 0 Å². The molecule has 0 saturated carbocycles. The lowest BCUT2D eigenvalue weighted by Crippen LogP contribution is -2.60. The quantitative estimate of drug-likeness (QED) is 0.0383. The van der Waals surface area contributed by atoms with Crippen molar-refractivity contribution < 1.29 is 53.5 Å². The number of aliphatic hydroxyl groups excluding tert-OH is 2. The minimum Gasteiger partial charge on any atom is -0.481 e. The topological polar surface area (TPSA) is 210 Å². The third kappa shape index (κ3) is 21.3. The Labute approximate surface area is 346 Å². The molecule has 1 rings (SSSR count).